The van der Waals surface area contributed by atoms with Crippen molar-refractivity contribution in [3.8, 4) is 0 Å². The minimum Gasteiger partial charge on any atom is -0.358 e. The quantitative estimate of drug-likeness (QED) is 0.603. The van der Waals surface area contributed by atoms with Gasteiger partial charge in [-0.15, -0.1) is 0 Å². The minimum atomic E-state index is -0.0771. The van der Waals surface area contributed by atoms with Gasteiger partial charge in [-0.05, 0) is 23.6 Å². The van der Waals surface area contributed by atoms with Gasteiger partial charge in [0.1, 0.15) is 6.29 Å². The summed E-state index contributed by atoms with van der Waals surface area (Å²) in [4.78, 5) is 14.1. The van der Waals surface area contributed by atoms with E-state index < -0.39 is 0 Å². The number of pyridine rings is 1. The van der Waals surface area contributed by atoms with Gasteiger partial charge in [-0.25, -0.2) is 0 Å². The SMILES string of the molecule is O=c1ccc2ccc(NC3NCCN3)cc2[nH]1. The van der Waals surface area contributed by atoms with Crippen molar-refractivity contribution in [2.75, 3.05) is 18.4 Å². The van der Waals surface area contributed by atoms with Crippen LogP contribution in [0.2, 0.25) is 0 Å². The molecule has 3 rings (SSSR count). The Bertz CT molecular complexity index is 586. The average Bonchev–Trinajstić information content (AvgIpc) is 2.81. The number of H-pyrrole nitrogens is 1. The van der Waals surface area contributed by atoms with Gasteiger partial charge in [0.25, 0.3) is 0 Å². The van der Waals surface area contributed by atoms with Gasteiger partial charge in [-0.2, -0.15) is 0 Å². The molecule has 17 heavy (non-hydrogen) atoms. The van der Waals surface area contributed by atoms with E-state index in [4.69, 9.17) is 0 Å². The van der Waals surface area contributed by atoms with Gasteiger partial charge in [-0.1, -0.05) is 6.07 Å². The lowest BCUT2D eigenvalue weighted by atomic mass is 10.2. The first-order valence-electron chi connectivity index (χ1n) is 5.68. The summed E-state index contributed by atoms with van der Waals surface area (Å²) in [5.41, 5.74) is 1.75. The van der Waals surface area contributed by atoms with E-state index in [1.54, 1.807) is 0 Å². The highest BCUT2D eigenvalue weighted by Crippen LogP contribution is 2.16. The van der Waals surface area contributed by atoms with E-state index in [0.29, 0.717) is 0 Å². The van der Waals surface area contributed by atoms with Crippen LogP contribution < -0.4 is 21.5 Å². The van der Waals surface area contributed by atoms with Crippen molar-refractivity contribution in [3.63, 3.8) is 0 Å². The van der Waals surface area contributed by atoms with Crippen LogP contribution in [0, 0.1) is 0 Å². The molecule has 0 unspecified atom stereocenters. The van der Waals surface area contributed by atoms with Crippen LogP contribution in [-0.4, -0.2) is 24.4 Å². The highest BCUT2D eigenvalue weighted by Gasteiger charge is 2.11. The van der Waals surface area contributed by atoms with E-state index in [1.165, 1.54) is 6.07 Å². The Hall–Kier alpha value is -1.85. The van der Waals surface area contributed by atoms with Crippen LogP contribution in [0.4, 0.5) is 5.69 Å². The zero-order valence-corrected chi connectivity index (χ0v) is 9.29. The molecule has 5 nitrogen and oxygen atoms in total. The maximum Gasteiger partial charge on any atom is 0.248 e. The first-order valence-corrected chi connectivity index (χ1v) is 5.68. The number of rotatable bonds is 2. The zero-order chi connectivity index (χ0) is 11.7. The molecule has 0 atom stereocenters. The molecule has 4 N–H and O–H groups in total. The van der Waals surface area contributed by atoms with Gasteiger partial charge in [0.15, 0.2) is 0 Å². The third kappa shape index (κ3) is 2.15. The van der Waals surface area contributed by atoms with Gasteiger partial charge in [-0.3, -0.25) is 15.4 Å². The van der Waals surface area contributed by atoms with Crippen molar-refractivity contribution in [3.05, 3.63) is 40.7 Å². The second-order valence-electron chi connectivity index (χ2n) is 4.11. The molecule has 0 spiro atoms. The van der Waals surface area contributed by atoms with Crippen LogP contribution in [0.3, 0.4) is 0 Å². The lowest BCUT2D eigenvalue weighted by Crippen LogP contribution is -2.38. The fraction of sp³-hybridized carbons (Fsp3) is 0.250. The second kappa shape index (κ2) is 4.20. The molecule has 0 saturated carbocycles. The predicted octanol–water partition coefficient (Wildman–Crippen LogP) is 0.416. The Labute approximate surface area is 98.2 Å². The van der Waals surface area contributed by atoms with Crippen LogP contribution >= 0.6 is 0 Å². The van der Waals surface area contributed by atoms with Crippen molar-refractivity contribution in [1.82, 2.24) is 15.6 Å². The van der Waals surface area contributed by atoms with Gasteiger partial charge in [0, 0.05) is 24.8 Å². The Morgan fingerprint density at radius 3 is 2.71 bits per heavy atom. The number of hydrogen-bond acceptors (Lipinski definition) is 4. The number of hydrogen-bond donors (Lipinski definition) is 4. The summed E-state index contributed by atoms with van der Waals surface area (Å²) in [6.07, 6.45) is 0.0999. The van der Waals surface area contributed by atoms with Crippen LogP contribution in [0.5, 0.6) is 0 Å². The third-order valence-corrected chi connectivity index (χ3v) is 2.86. The smallest absolute Gasteiger partial charge is 0.248 e. The van der Waals surface area contributed by atoms with Crippen LogP contribution in [-0.2, 0) is 0 Å². The van der Waals surface area contributed by atoms with E-state index >= 15 is 0 Å². The average molecular weight is 230 g/mol. The molecular weight excluding hydrogens is 216 g/mol. The lowest BCUT2D eigenvalue weighted by Gasteiger charge is -2.14. The highest BCUT2D eigenvalue weighted by atomic mass is 16.1. The van der Waals surface area contributed by atoms with Crippen LogP contribution in [0.1, 0.15) is 0 Å². The van der Waals surface area contributed by atoms with Gasteiger partial charge in [0.2, 0.25) is 5.56 Å². The molecule has 1 aromatic heterocycles. The molecule has 1 saturated heterocycles. The molecule has 5 heteroatoms. The number of aromatic nitrogens is 1. The molecule has 2 aromatic rings. The Kier molecular flexibility index (Phi) is 2.55. The number of fused-ring (bicyclic) bond motifs is 1. The summed E-state index contributed by atoms with van der Waals surface area (Å²) >= 11 is 0. The van der Waals surface area contributed by atoms with Gasteiger partial charge < -0.3 is 10.3 Å². The molecule has 1 aliphatic rings. The van der Waals surface area contributed by atoms with E-state index in [0.717, 1.165) is 29.7 Å². The number of anilines is 1. The normalized spacial score (nSPS) is 16.5. The van der Waals surface area contributed by atoms with Crippen molar-refractivity contribution in [2.45, 2.75) is 6.29 Å². The standard InChI is InChI=1S/C12H14N4O/c17-11-4-2-8-1-3-9(7-10(8)16-11)15-12-13-5-6-14-12/h1-4,7,12-15H,5-6H2,(H,16,17). The Balaban J connectivity index is 1.92. The first kappa shape index (κ1) is 10.3. The van der Waals surface area contributed by atoms with Crippen molar-refractivity contribution >= 4 is 16.6 Å². The molecule has 1 aromatic carbocycles. The van der Waals surface area contributed by atoms with Crippen molar-refractivity contribution < 1.29 is 0 Å². The number of aromatic amines is 1. The summed E-state index contributed by atoms with van der Waals surface area (Å²) in [6, 6.07) is 9.29. The number of nitrogens with one attached hydrogen (secondary N) is 4. The van der Waals surface area contributed by atoms with Gasteiger partial charge in [0.05, 0.1) is 5.52 Å². The fourth-order valence-electron chi connectivity index (χ4n) is 2.01. The Morgan fingerprint density at radius 1 is 1.12 bits per heavy atom. The molecule has 2 heterocycles. The van der Waals surface area contributed by atoms with Gasteiger partial charge >= 0.3 is 0 Å². The number of benzene rings is 1. The topological polar surface area (TPSA) is 69.0 Å². The molecule has 0 bridgehead atoms. The molecule has 0 aliphatic carbocycles. The molecule has 0 amide bonds. The predicted molar refractivity (Wildman–Crippen MR) is 68.0 cm³/mol. The zero-order valence-electron chi connectivity index (χ0n) is 9.29. The molecular formula is C12H14N4O. The lowest BCUT2D eigenvalue weighted by molar-refractivity contribution is 0.621. The van der Waals surface area contributed by atoms with E-state index in [1.807, 2.05) is 24.3 Å². The van der Waals surface area contributed by atoms with Crippen molar-refractivity contribution in [2.24, 2.45) is 0 Å². The summed E-state index contributed by atoms with van der Waals surface area (Å²) in [7, 11) is 0. The molecule has 1 aliphatic heterocycles. The molecule has 1 fully saturated rings. The van der Waals surface area contributed by atoms with E-state index in [2.05, 4.69) is 20.9 Å². The van der Waals surface area contributed by atoms with E-state index in [9.17, 15) is 4.79 Å². The fourth-order valence-corrected chi connectivity index (χ4v) is 2.01. The van der Waals surface area contributed by atoms with Crippen molar-refractivity contribution in [1.29, 1.82) is 0 Å². The molecule has 0 radical (unpaired) electrons. The summed E-state index contributed by atoms with van der Waals surface area (Å²) < 4.78 is 0. The molecule has 88 valence electrons. The monoisotopic (exact) mass is 230 g/mol. The second-order valence-corrected chi connectivity index (χ2v) is 4.11. The van der Waals surface area contributed by atoms with E-state index in [-0.39, 0.29) is 11.8 Å². The minimum absolute atomic E-state index is 0.0771. The Morgan fingerprint density at radius 2 is 1.88 bits per heavy atom. The largest absolute Gasteiger partial charge is 0.358 e. The van der Waals surface area contributed by atoms with Crippen LogP contribution in [0.15, 0.2) is 35.1 Å². The maximum atomic E-state index is 11.2. The maximum absolute atomic E-state index is 11.2. The first-order chi connectivity index (χ1) is 8.31. The third-order valence-electron chi connectivity index (χ3n) is 2.86. The highest BCUT2D eigenvalue weighted by molar-refractivity contribution is 5.81. The summed E-state index contributed by atoms with van der Waals surface area (Å²) in [6.45, 7) is 1.92. The summed E-state index contributed by atoms with van der Waals surface area (Å²) in [5.74, 6) is 0. The summed E-state index contributed by atoms with van der Waals surface area (Å²) in [5, 5.41) is 10.9. The van der Waals surface area contributed by atoms with Crippen LogP contribution in [0.25, 0.3) is 10.9 Å².